The van der Waals surface area contributed by atoms with Gasteiger partial charge < -0.3 is 19.8 Å². The van der Waals surface area contributed by atoms with Crippen LogP contribution in [0, 0.1) is 23.6 Å². The van der Waals surface area contributed by atoms with Gasteiger partial charge in [0.05, 0.1) is 12.6 Å². The number of pyridine rings is 1. The molecule has 0 fully saturated rings. The number of carbonyl (C=O) groups is 1. The Morgan fingerprint density at radius 3 is 2.77 bits per heavy atom. The largest absolute Gasteiger partial charge is 0.472 e. The van der Waals surface area contributed by atoms with Gasteiger partial charge in [0.25, 0.3) is 5.91 Å². The number of rotatable bonds is 6. The molecule has 35 heavy (non-hydrogen) atoms. The number of benzene rings is 1. The molecule has 3 atom stereocenters. The van der Waals surface area contributed by atoms with Gasteiger partial charge in [-0.05, 0) is 51.6 Å². The topological polar surface area (TPSA) is 86.1 Å². The minimum absolute atomic E-state index is 0.0625. The predicted molar refractivity (Wildman–Crippen MR) is 131 cm³/mol. The van der Waals surface area contributed by atoms with Crippen molar-refractivity contribution in [2.75, 3.05) is 26.7 Å². The minimum atomic E-state index is -1.19. The standard InChI is InChI=1S/C27H34FN3O4/c1-18-14-31(19(2)17-32)26(33)23-12-20(9-10-27(3,4)34)13-29-25(23)35-24(18)16-30(5)15-21-7-6-8-22(28)11-21/h6-8,11-13,18-19,24,32,34H,14-17H2,1-5H3/t18-,19-,24-/m1/s1. The molecule has 1 aliphatic rings. The Balaban J connectivity index is 1.92. The van der Waals surface area contributed by atoms with Crippen LogP contribution >= 0.6 is 0 Å². The van der Waals surface area contributed by atoms with Crippen LogP contribution in [0.4, 0.5) is 4.39 Å². The van der Waals surface area contributed by atoms with Crippen LogP contribution in [0.2, 0.25) is 0 Å². The van der Waals surface area contributed by atoms with E-state index in [-0.39, 0.29) is 41.8 Å². The number of carbonyl (C=O) groups excluding carboxylic acids is 1. The third kappa shape index (κ3) is 7.25. The van der Waals surface area contributed by atoms with E-state index in [1.54, 1.807) is 37.8 Å². The van der Waals surface area contributed by atoms with Crippen LogP contribution in [0.3, 0.4) is 0 Å². The highest BCUT2D eigenvalue weighted by atomic mass is 19.1. The molecule has 1 amide bonds. The molecule has 0 bridgehead atoms. The van der Waals surface area contributed by atoms with E-state index in [9.17, 15) is 19.4 Å². The molecular formula is C27H34FN3O4. The zero-order valence-corrected chi connectivity index (χ0v) is 21.0. The van der Waals surface area contributed by atoms with Crippen molar-refractivity contribution in [2.45, 2.75) is 52.0 Å². The highest BCUT2D eigenvalue weighted by Gasteiger charge is 2.34. The fraction of sp³-hybridized carbons (Fsp3) is 0.481. The Morgan fingerprint density at radius 2 is 2.11 bits per heavy atom. The zero-order valence-electron chi connectivity index (χ0n) is 21.0. The molecule has 0 aliphatic carbocycles. The molecule has 7 nitrogen and oxygen atoms in total. The van der Waals surface area contributed by atoms with Gasteiger partial charge in [0.2, 0.25) is 5.88 Å². The summed E-state index contributed by atoms with van der Waals surface area (Å²) in [5, 5.41) is 19.7. The lowest BCUT2D eigenvalue weighted by Crippen LogP contribution is -2.49. The fourth-order valence-corrected chi connectivity index (χ4v) is 3.93. The summed E-state index contributed by atoms with van der Waals surface area (Å²) in [5.74, 6) is 5.16. The SMILES string of the molecule is C[C@@H]1CN([C@H](C)CO)C(=O)c2cc(C#CC(C)(C)O)cnc2O[C@@H]1CN(C)Cc1cccc(F)c1. The van der Waals surface area contributed by atoms with Crippen molar-refractivity contribution in [1.82, 2.24) is 14.8 Å². The van der Waals surface area contributed by atoms with Crippen molar-refractivity contribution in [2.24, 2.45) is 5.92 Å². The smallest absolute Gasteiger partial charge is 0.259 e. The Morgan fingerprint density at radius 1 is 1.37 bits per heavy atom. The van der Waals surface area contributed by atoms with E-state index in [0.717, 1.165) is 5.56 Å². The number of aliphatic hydroxyl groups excluding tert-OH is 1. The van der Waals surface area contributed by atoms with E-state index in [1.807, 2.05) is 24.9 Å². The van der Waals surface area contributed by atoms with Crippen molar-refractivity contribution in [1.29, 1.82) is 0 Å². The molecule has 1 aromatic carbocycles. The molecule has 3 rings (SSSR count). The van der Waals surface area contributed by atoms with Crippen LogP contribution < -0.4 is 4.74 Å². The minimum Gasteiger partial charge on any atom is -0.472 e. The van der Waals surface area contributed by atoms with E-state index >= 15 is 0 Å². The summed E-state index contributed by atoms with van der Waals surface area (Å²) in [6, 6.07) is 7.71. The van der Waals surface area contributed by atoms with Crippen molar-refractivity contribution >= 4 is 5.91 Å². The van der Waals surface area contributed by atoms with Gasteiger partial charge in [0.15, 0.2) is 0 Å². The molecular weight excluding hydrogens is 449 g/mol. The van der Waals surface area contributed by atoms with Crippen LogP contribution in [0.25, 0.3) is 0 Å². The van der Waals surface area contributed by atoms with Gasteiger partial charge in [-0.3, -0.25) is 9.69 Å². The number of likely N-dealkylation sites (N-methyl/N-ethyl adjacent to an activating group) is 1. The first-order valence-corrected chi connectivity index (χ1v) is 11.7. The van der Waals surface area contributed by atoms with Gasteiger partial charge >= 0.3 is 0 Å². The van der Waals surface area contributed by atoms with Crippen LogP contribution in [0.15, 0.2) is 36.5 Å². The lowest BCUT2D eigenvalue weighted by Gasteiger charge is -2.37. The number of aromatic nitrogens is 1. The second-order valence-electron chi connectivity index (χ2n) is 9.84. The maximum absolute atomic E-state index is 13.6. The molecule has 0 radical (unpaired) electrons. The van der Waals surface area contributed by atoms with Crippen molar-refractivity contribution in [3.05, 3.63) is 59.0 Å². The van der Waals surface area contributed by atoms with E-state index in [0.29, 0.717) is 25.2 Å². The lowest BCUT2D eigenvalue weighted by atomic mass is 9.99. The molecule has 188 valence electrons. The molecule has 0 saturated carbocycles. The number of ether oxygens (including phenoxy) is 1. The molecule has 8 heteroatoms. The molecule has 1 aromatic heterocycles. The number of halogens is 1. The first-order chi connectivity index (χ1) is 16.5. The third-order valence-corrected chi connectivity index (χ3v) is 5.87. The second kappa shape index (κ2) is 11.2. The highest BCUT2D eigenvalue weighted by Crippen LogP contribution is 2.27. The summed E-state index contributed by atoms with van der Waals surface area (Å²) in [6.45, 7) is 8.21. The molecule has 0 saturated heterocycles. The van der Waals surface area contributed by atoms with E-state index < -0.39 is 11.6 Å². The second-order valence-corrected chi connectivity index (χ2v) is 9.84. The molecule has 2 heterocycles. The highest BCUT2D eigenvalue weighted by molar-refractivity contribution is 5.97. The van der Waals surface area contributed by atoms with Crippen molar-refractivity contribution < 1.29 is 24.1 Å². The number of fused-ring (bicyclic) bond motifs is 1. The Labute approximate surface area is 206 Å². The van der Waals surface area contributed by atoms with Gasteiger partial charge in [0, 0.05) is 37.3 Å². The molecule has 0 unspecified atom stereocenters. The van der Waals surface area contributed by atoms with Gasteiger partial charge in [-0.1, -0.05) is 30.9 Å². The number of hydrogen-bond donors (Lipinski definition) is 2. The van der Waals surface area contributed by atoms with Gasteiger partial charge in [-0.25, -0.2) is 9.37 Å². The van der Waals surface area contributed by atoms with Gasteiger partial charge in [0.1, 0.15) is 23.1 Å². The summed E-state index contributed by atoms with van der Waals surface area (Å²) >= 11 is 0. The first kappa shape index (κ1) is 26.6. The molecule has 2 N–H and O–H groups in total. The molecule has 0 spiro atoms. The first-order valence-electron chi connectivity index (χ1n) is 11.7. The zero-order chi connectivity index (χ0) is 25.8. The van der Waals surface area contributed by atoms with Crippen LogP contribution in [-0.4, -0.2) is 75.4 Å². The summed E-state index contributed by atoms with van der Waals surface area (Å²) in [7, 11) is 1.93. The Kier molecular flexibility index (Phi) is 8.49. The van der Waals surface area contributed by atoms with Crippen LogP contribution in [0.1, 0.15) is 49.2 Å². The van der Waals surface area contributed by atoms with Crippen molar-refractivity contribution in [3.63, 3.8) is 0 Å². The number of aliphatic hydroxyl groups is 2. The van der Waals surface area contributed by atoms with Gasteiger partial charge in [-0.15, -0.1) is 0 Å². The van der Waals surface area contributed by atoms with E-state index in [2.05, 4.69) is 16.8 Å². The molecule has 1 aliphatic heterocycles. The average Bonchev–Trinajstić information content (AvgIpc) is 2.79. The predicted octanol–water partition coefficient (Wildman–Crippen LogP) is 2.70. The number of nitrogens with zero attached hydrogens (tertiary/aromatic N) is 3. The van der Waals surface area contributed by atoms with Gasteiger partial charge in [-0.2, -0.15) is 0 Å². The lowest BCUT2D eigenvalue weighted by molar-refractivity contribution is 0.0325. The van der Waals surface area contributed by atoms with Crippen LogP contribution in [0.5, 0.6) is 5.88 Å². The summed E-state index contributed by atoms with van der Waals surface area (Å²) < 4.78 is 19.9. The van der Waals surface area contributed by atoms with E-state index in [1.165, 1.54) is 18.3 Å². The number of hydrogen-bond acceptors (Lipinski definition) is 6. The molecule has 2 aromatic rings. The van der Waals surface area contributed by atoms with Crippen molar-refractivity contribution in [3.8, 4) is 17.7 Å². The normalized spacial score (nSPS) is 19.2. The van der Waals surface area contributed by atoms with E-state index in [4.69, 9.17) is 4.74 Å². The average molecular weight is 484 g/mol. The summed E-state index contributed by atoms with van der Waals surface area (Å²) in [4.78, 5) is 21.5. The maximum Gasteiger partial charge on any atom is 0.259 e. The summed E-state index contributed by atoms with van der Waals surface area (Å²) in [6.07, 6.45) is 1.21. The maximum atomic E-state index is 13.6. The Bertz CT molecular complexity index is 1110. The fourth-order valence-electron chi connectivity index (χ4n) is 3.93. The van der Waals surface area contributed by atoms with Crippen LogP contribution in [-0.2, 0) is 6.54 Å². The number of amides is 1. The summed E-state index contributed by atoms with van der Waals surface area (Å²) in [5.41, 5.74) is 0.408. The Hall–Kier alpha value is -2.99. The quantitative estimate of drug-likeness (QED) is 0.615. The monoisotopic (exact) mass is 483 g/mol. The third-order valence-electron chi connectivity index (χ3n) is 5.87.